The first-order valence-electron chi connectivity index (χ1n) is 6.45. The Hall–Kier alpha value is -1.22. The number of likely N-dealkylation sites (tertiary alicyclic amines) is 1. The second-order valence-electron chi connectivity index (χ2n) is 5.16. The molecule has 2 rings (SSSR count). The van der Waals surface area contributed by atoms with Crippen molar-refractivity contribution in [3.8, 4) is 5.75 Å². The van der Waals surface area contributed by atoms with Crippen molar-refractivity contribution in [3.05, 3.63) is 23.8 Å². The summed E-state index contributed by atoms with van der Waals surface area (Å²) in [5, 5.41) is 9.76. The van der Waals surface area contributed by atoms with Crippen LogP contribution in [0.25, 0.3) is 0 Å². The molecule has 0 saturated carbocycles. The third-order valence-corrected chi connectivity index (χ3v) is 3.68. The summed E-state index contributed by atoms with van der Waals surface area (Å²) in [6.07, 6.45) is 3.50. The van der Waals surface area contributed by atoms with Crippen LogP contribution in [-0.4, -0.2) is 29.6 Å². The van der Waals surface area contributed by atoms with Crippen molar-refractivity contribution in [2.45, 2.75) is 26.2 Å². The predicted octanol–water partition coefficient (Wildman–Crippen LogP) is 2.25. The molecule has 1 aliphatic rings. The van der Waals surface area contributed by atoms with Gasteiger partial charge in [0.05, 0.1) is 0 Å². The molecule has 3 nitrogen and oxygen atoms in total. The Labute approximate surface area is 103 Å². The summed E-state index contributed by atoms with van der Waals surface area (Å²) in [5.41, 5.74) is 7.23. The standard InChI is InChI=1S/C14H22N2O/c1-11-4-7-16(8-5-11)9-6-12-2-3-13(15)10-14(12)17/h2-3,10-11,17H,4-9,15H2,1H3. The summed E-state index contributed by atoms with van der Waals surface area (Å²) in [6.45, 7) is 5.74. The van der Waals surface area contributed by atoms with Crippen LogP contribution in [0.2, 0.25) is 0 Å². The van der Waals surface area contributed by atoms with Crippen LogP contribution >= 0.6 is 0 Å². The molecule has 0 aromatic heterocycles. The highest BCUT2D eigenvalue weighted by molar-refractivity contribution is 5.47. The van der Waals surface area contributed by atoms with Crippen LogP contribution in [0.4, 0.5) is 5.69 Å². The van der Waals surface area contributed by atoms with Gasteiger partial charge in [-0.1, -0.05) is 13.0 Å². The van der Waals surface area contributed by atoms with E-state index in [4.69, 9.17) is 5.73 Å². The van der Waals surface area contributed by atoms with Crippen molar-refractivity contribution in [1.29, 1.82) is 0 Å². The van der Waals surface area contributed by atoms with Crippen LogP contribution in [0, 0.1) is 5.92 Å². The number of phenols is 1. The number of hydrogen-bond acceptors (Lipinski definition) is 3. The van der Waals surface area contributed by atoms with Crippen LogP contribution in [0.3, 0.4) is 0 Å². The van der Waals surface area contributed by atoms with Crippen molar-refractivity contribution in [2.24, 2.45) is 5.92 Å². The molecule has 1 aromatic carbocycles. The largest absolute Gasteiger partial charge is 0.508 e. The van der Waals surface area contributed by atoms with E-state index < -0.39 is 0 Å². The van der Waals surface area contributed by atoms with Gasteiger partial charge in [0, 0.05) is 18.3 Å². The van der Waals surface area contributed by atoms with E-state index in [0.29, 0.717) is 11.4 Å². The SMILES string of the molecule is CC1CCN(CCc2ccc(N)cc2O)CC1. The molecule has 1 fully saturated rings. The fourth-order valence-corrected chi connectivity index (χ4v) is 2.36. The van der Waals surface area contributed by atoms with Crippen LogP contribution in [0.1, 0.15) is 25.3 Å². The summed E-state index contributed by atoms with van der Waals surface area (Å²) >= 11 is 0. The Bertz CT molecular complexity index is 370. The van der Waals surface area contributed by atoms with Crippen molar-refractivity contribution < 1.29 is 5.11 Å². The molecule has 3 N–H and O–H groups in total. The maximum atomic E-state index is 9.76. The predicted molar refractivity (Wildman–Crippen MR) is 71.1 cm³/mol. The number of nitrogens with zero attached hydrogens (tertiary/aromatic N) is 1. The van der Waals surface area contributed by atoms with E-state index in [-0.39, 0.29) is 0 Å². The van der Waals surface area contributed by atoms with Gasteiger partial charge in [-0.25, -0.2) is 0 Å². The molecule has 1 saturated heterocycles. The van der Waals surface area contributed by atoms with E-state index in [2.05, 4.69) is 11.8 Å². The molecule has 0 amide bonds. The topological polar surface area (TPSA) is 49.5 Å². The molecule has 0 radical (unpaired) electrons. The van der Waals surface area contributed by atoms with Gasteiger partial charge in [-0.2, -0.15) is 0 Å². The Morgan fingerprint density at radius 2 is 2.06 bits per heavy atom. The van der Waals surface area contributed by atoms with Gasteiger partial charge in [0.25, 0.3) is 0 Å². The lowest BCUT2D eigenvalue weighted by molar-refractivity contribution is 0.194. The monoisotopic (exact) mass is 234 g/mol. The van der Waals surface area contributed by atoms with Gasteiger partial charge in [0.1, 0.15) is 5.75 Å². The average molecular weight is 234 g/mol. The highest BCUT2D eigenvalue weighted by Crippen LogP contribution is 2.22. The van der Waals surface area contributed by atoms with E-state index in [1.807, 2.05) is 12.1 Å². The molecule has 17 heavy (non-hydrogen) atoms. The van der Waals surface area contributed by atoms with Gasteiger partial charge in [0.2, 0.25) is 0 Å². The van der Waals surface area contributed by atoms with E-state index in [0.717, 1.165) is 24.4 Å². The van der Waals surface area contributed by atoms with Crippen LogP contribution in [0.5, 0.6) is 5.75 Å². The number of rotatable bonds is 3. The smallest absolute Gasteiger partial charge is 0.120 e. The summed E-state index contributed by atoms with van der Waals surface area (Å²) < 4.78 is 0. The Kier molecular flexibility index (Phi) is 3.89. The zero-order chi connectivity index (χ0) is 12.3. The first-order valence-corrected chi connectivity index (χ1v) is 6.45. The number of piperidine rings is 1. The normalized spacial score (nSPS) is 18.4. The van der Waals surface area contributed by atoms with Crippen LogP contribution in [-0.2, 0) is 6.42 Å². The number of benzene rings is 1. The summed E-state index contributed by atoms with van der Waals surface area (Å²) in [4.78, 5) is 2.48. The third-order valence-electron chi connectivity index (χ3n) is 3.68. The van der Waals surface area contributed by atoms with Crippen LogP contribution in [0.15, 0.2) is 18.2 Å². The molecule has 0 spiro atoms. The number of phenolic OH excluding ortho intramolecular Hbond substituents is 1. The van der Waals surface area contributed by atoms with Crippen molar-refractivity contribution in [2.75, 3.05) is 25.4 Å². The molecule has 1 aromatic rings. The zero-order valence-corrected chi connectivity index (χ0v) is 10.5. The lowest BCUT2D eigenvalue weighted by Crippen LogP contribution is -2.34. The van der Waals surface area contributed by atoms with Gasteiger partial charge < -0.3 is 15.7 Å². The molecule has 0 unspecified atom stereocenters. The zero-order valence-electron chi connectivity index (χ0n) is 10.5. The average Bonchev–Trinajstić information content (AvgIpc) is 2.30. The Morgan fingerprint density at radius 1 is 1.35 bits per heavy atom. The van der Waals surface area contributed by atoms with E-state index >= 15 is 0 Å². The van der Waals surface area contributed by atoms with E-state index in [1.54, 1.807) is 6.07 Å². The summed E-state index contributed by atoms with van der Waals surface area (Å²) in [6, 6.07) is 5.41. The minimum Gasteiger partial charge on any atom is -0.508 e. The molecular weight excluding hydrogens is 212 g/mol. The molecule has 1 aliphatic heterocycles. The van der Waals surface area contributed by atoms with Gasteiger partial charge in [0.15, 0.2) is 0 Å². The highest BCUT2D eigenvalue weighted by atomic mass is 16.3. The Balaban J connectivity index is 1.85. The second kappa shape index (κ2) is 5.41. The quantitative estimate of drug-likeness (QED) is 0.789. The number of nitrogens with two attached hydrogens (primary N) is 1. The minimum absolute atomic E-state index is 0.329. The molecule has 0 aliphatic carbocycles. The number of aromatic hydroxyl groups is 1. The lowest BCUT2D eigenvalue weighted by Gasteiger charge is -2.30. The molecular formula is C14H22N2O. The number of hydrogen-bond donors (Lipinski definition) is 2. The van der Waals surface area contributed by atoms with E-state index in [9.17, 15) is 5.11 Å². The first kappa shape index (κ1) is 12.2. The number of anilines is 1. The molecule has 0 bridgehead atoms. The van der Waals surface area contributed by atoms with Gasteiger partial charge >= 0.3 is 0 Å². The van der Waals surface area contributed by atoms with E-state index in [1.165, 1.54) is 25.9 Å². The molecule has 94 valence electrons. The molecule has 3 heteroatoms. The van der Waals surface area contributed by atoms with Crippen molar-refractivity contribution >= 4 is 5.69 Å². The van der Waals surface area contributed by atoms with Crippen LogP contribution < -0.4 is 5.73 Å². The van der Waals surface area contributed by atoms with Gasteiger partial charge in [-0.15, -0.1) is 0 Å². The number of nitrogen functional groups attached to an aromatic ring is 1. The minimum atomic E-state index is 0.329. The van der Waals surface area contributed by atoms with Gasteiger partial charge in [-0.05, 0) is 49.9 Å². The Morgan fingerprint density at radius 3 is 2.71 bits per heavy atom. The maximum Gasteiger partial charge on any atom is 0.120 e. The maximum absolute atomic E-state index is 9.76. The first-order chi connectivity index (χ1) is 8.15. The highest BCUT2D eigenvalue weighted by Gasteiger charge is 2.15. The van der Waals surface area contributed by atoms with Gasteiger partial charge in [-0.3, -0.25) is 0 Å². The summed E-state index contributed by atoms with van der Waals surface area (Å²) in [5.74, 6) is 1.20. The second-order valence-corrected chi connectivity index (χ2v) is 5.16. The fourth-order valence-electron chi connectivity index (χ4n) is 2.36. The van der Waals surface area contributed by atoms with Crippen molar-refractivity contribution in [1.82, 2.24) is 4.90 Å². The third kappa shape index (κ3) is 3.37. The molecule has 1 heterocycles. The van der Waals surface area contributed by atoms with Crippen molar-refractivity contribution in [3.63, 3.8) is 0 Å². The molecule has 0 atom stereocenters. The summed E-state index contributed by atoms with van der Waals surface area (Å²) in [7, 11) is 0. The fraction of sp³-hybridized carbons (Fsp3) is 0.571. The lowest BCUT2D eigenvalue weighted by atomic mass is 9.99.